The second-order valence-electron chi connectivity index (χ2n) is 5.02. The molecular formula is C16H23ClN2O3. The minimum Gasteiger partial charge on any atom is -0.450 e. The lowest BCUT2D eigenvalue weighted by Crippen LogP contribution is -2.49. The van der Waals surface area contributed by atoms with Gasteiger partial charge < -0.3 is 15.8 Å². The Morgan fingerprint density at radius 2 is 2.09 bits per heavy atom. The third-order valence-corrected chi connectivity index (χ3v) is 4.06. The number of benzene rings is 1. The second-order valence-corrected chi connectivity index (χ2v) is 5.42. The van der Waals surface area contributed by atoms with Crippen molar-refractivity contribution in [2.24, 2.45) is 5.73 Å². The molecule has 1 unspecified atom stereocenters. The van der Waals surface area contributed by atoms with E-state index < -0.39 is 11.6 Å². The maximum absolute atomic E-state index is 12.2. The third-order valence-electron chi connectivity index (χ3n) is 3.73. The van der Waals surface area contributed by atoms with Crippen molar-refractivity contribution in [1.82, 2.24) is 5.32 Å². The molecule has 22 heavy (non-hydrogen) atoms. The van der Waals surface area contributed by atoms with E-state index in [1.165, 1.54) is 0 Å². The molecule has 1 saturated carbocycles. The molecule has 1 aliphatic rings. The van der Waals surface area contributed by atoms with Gasteiger partial charge in [-0.2, -0.15) is 0 Å². The fraction of sp³-hybridized carbons (Fsp3) is 0.500. The highest BCUT2D eigenvalue weighted by molar-refractivity contribution is 6.31. The van der Waals surface area contributed by atoms with E-state index in [1.807, 2.05) is 31.3 Å². The summed E-state index contributed by atoms with van der Waals surface area (Å²) in [7, 11) is 1.84. The van der Waals surface area contributed by atoms with Crippen LogP contribution in [0.5, 0.6) is 0 Å². The van der Waals surface area contributed by atoms with Gasteiger partial charge in [-0.3, -0.25) is 4.79 Å². The Kier molecular flexibility index (Phi) is 7.35. The topological polar surface area (TPSA) is 81.4 Å². The Balaban J connectivity index is 0.000000346. The molecule has 0 aromatic heterocycles. The van der Waals surface area contributed by atoms with Gasteiger partial charge in [0, 0.05) is 11.4 Å². The summed E-state index contributed by atoms with van der Waals surface area (Å²) in [6.45, 7) is 2.06. The number of primary amides is 1. The van der Waals surface area contributed by atoms with Crippen LogP contribution in [0.3, 0.4) is 0 Å². The van der Waals surface area contributed by atoms with Crippen molar-refractivity contribution in [2.45, 2.75) is 38.1 Å². The normalized spacial score (nSPS) is 20.8. The Morgan fingerprint density at radius 3 is 2.55 bits per heavy atom. The van der Waals surface area contributed by atoms with E-state index in [9.17, 15) is 9.59 Å². The lowest BCUT2D eigenvalue weighted by Gasteiger charge is -2.36. The smallest absolute Gasteiger partial charge is 0.404 e. The minimum atomic E-state index is -0.711. The van der Waals surface area contributed by atoms with Crippen molar-refractivity contribution < 1.29 is 14.3 Å². The number of Topliss-reactive ketones (excluding diaryl/α,β-unsaturated/α-hetero) is 1. The molecule has 1 atom stereocenters. The molecule has 1 aromatic rings. The second kappa shape index (κ2) is 8.76. The fourth-order valence-corrected chi connectivity index (χ4v) is 2.96. The maximum Gasteiger partial charge on any atom is 0.404 e. The third kappa shape index (κ3) is 4.45. The number of hydrogen-bond donors (Lipinski definition) is 2. The van der Waals surface area contributed by atoms with Crippen molar-refractivity contribution in [1.29, 1.82) is 0 Å². The summed E-state index contributed by atoms with van der Waals surface area (Å²) in [5.74, 6) is 0.259. The van der Waals surface area contributed by atoms with Crippen LogP contribution in [-0.4, -0.2) is 25.5 Å². The number of ether oxygens (including phenoxy) is 1. The van der Waals surface area contributed by atoms with Crippen LogP contribution in [0.2, 0.25) is 5.02 Å². The SMILES string of the molecule is CCOC(N)=O.CNC1(c2ccccc2Cl)CCCCC1=O. The van der Waals surface area contributed by atoms with Gasteiger partial charge in [0.25, 0.3) is 0 Å². The van der Waals surface area contributed by atoms with Crippen molar-refractivity contribution >= 4 is 23.5 Å². The molecular weight excluding hydrogens is 304 g/mol. The molecule has 1 aromatic carbocycles. The Labute approximate surface area is 136 Å². The van der Waals surface area contributed by atoms with Crippen LogP contribution in [0.1, 0.15) is 38.2 Å². The highest BCUT2D eigenvalue weighted by Crippen LogP contribution is 2.37. The van der Waals surface area contributed by atoms with Gasteiger partial charge in [0.2, 0.25) is 0 Å². The predicted molar refractivity (Wildman–Crippen MR) is 86.9 cm³/mol. The Hall–Kier alpha value is -1.59. The molecule has 0 saturated heterocycles. The van der Waals surface area contributed by atoms with E-state index in [1.54, 1.807) is 6.92 Å². The number of carbonyl (C=O) groups excluding carboxylic acids is 2. The highest BCUT2D eigenvalue weighted by Gasteiger charge is 2.40. The van der Waals surface area contributed by atoms with Gasteiger partial charge in [0.15, 0.2) is 5.78 Å². The number of likely N-dealkylation sites (N-methyl/N-ethyl adjacent to an activating group) is 1. The number of rotatable bonds is 3. The van der Waals surface area contributed by atoms with Gasteiger partial charge in [-0.25, -0.2) is 4.79 Å². The summed E-state index contributed by atoms with van der Waals surface area (Å²) >= 11 is 6.20. The number of nitrogens with two attached hydrogens (primary N) is 1. The molecule has 2 rings (SSSR count). The number of nitrogens with one attached hydrogen (secondary N) is 1. The first-order valence-corrected chi connectivity index (χ1v) is 7.75. The minimum absolute atomic E-state index is 0.259. The van der Waals surface area contributed by atoms with Crippen LogP contribution in [0.15, 0.2) is 24.3 Å². The lowest BCUT2D eigenvalue weighted by atomic mass is 9.75. The molecule has 1 amide bonds. The summed E-state index contributed by atoms with van der Waals surface area (Å²) in [4.78, 5) is 21.8. The zero-order valence-electron chi connectivity index (χ0n) is 13.0. The first-order valence-electron chi connectivity index (χ1n) is 7.37. The van der Waals surface area contributed by atoms with Crippen LogP contribution in [0.4, 0.5) is 4.79 Å². The largest absolute Gasteiger partial charge is 0.450 e. The average Bonchev–Trinajstić information content (AvgIpc) is 2.49. The molecule has 0 aliphatic heterocycles. The molecule has 0 radical (unpaired) electrons. The van der Waals surface area contributed by atoms with E-state index in [0.717, 1.165) is 24.8 Å². The van der Waals surface area contributed by atoms with Crippen LogP contribution in [0.25, 0.3) is 0 Å². The van der Waals surface area contributed by atoms with Crippen LogP contribution >= 0.6 is 11.6 Å². The molecule has 5 nitrogen and oxygen atoms in total. The highest BCUT2D eigenvalue weighted by atomic mass is 35.5. The Bertz CT molecular complexity index is 522. The molecule has 1 fully saturated rings. The summed E-state index contributed by atoms with van der Waals surface area (Å²) < 4.78 is 4.18. The van der Waals surface area contributed by atoms with E-state index in [2.05, 4.69) is 15.8 Å². The average molecular weight is 327 g/mol. The Morgan fingerprint density at radius 1 is 1.41 bits per heavy atom. The van der Waals surface area contributed by atoms with Crippen molar-refractivity contribution in [3.63, 3.8) is 0 Å². The first kappa shape index (κ1) is 18.5. The number of carbonyl (C=O) groups is 2. The van der Waals surface area contributed by atoms with E-state index >= 15 is 0 Å². The summed E-state index contributed by atoms with van der Waals surface area (Å²) in [6, 6.07) is 7.62. The number of amides is 1. The first-order chi connectivity index (χ1) is 10.5. The van der Waals surface area contributed by atoms with Crippen LogP contribution in [-0.2, 0) is 15.1 Å². The van der Waals surface area contributed by atoms with Crippen molar-refractivity contribution in [2.75, 3.05) is 13.7 Å². The van der Waals surface area contributed by atoms with Gasteiger partial charge in [-0.05, 0) is 38.4 Å². The van der Waals surface area contributed by atoms with Crippen molar-refractivity contribution in [3.05, 3.63) is 34.9 Å². The summed E-state index contributed by atoms with van der Waals surface area (Å²) in [6.07, 6.45) is 2.83. The van der Waals surface area contributed by atoms with Gasteiger partial charge in [-0.1, -0.05) is 36.2 Å². The summed E-state index contributed by atoms with van der Waals surface area (Å²) in [5.41, 5.74) is 4.90. The molecule has 1 aliphatic carbocycles. The number of halogens is 1. The number of hydrogen-bond acceptors (Lipinski definition) is 4. The van der Waals surface area contributed by atoms with E-state index in [4.69, 9.17) is 11.6 Å². The maximum atomic E-state index is 12.2. The van der Waals surface area contributed by atoms with E-state index in [-0.39, 0.29) is 5.78 Å². The fourth-order valence-electron chi connectivity index (χ4n) is 2.66. The zero-order chi connectivity index (χ0) is 16.6. The molecule has 0 bridgehead atoms. The van der Waals surface area contributed by atoms with Crippen LogP contribution < -0.4 is 11.1 Å². The van der Waals surface area contributed by atoms with E-state index in [0.29, 0.717) is 18.1 Å². The molecule has 0 spiro atoms. The van der Waals surface area contributed by atoms with Gasteiger partial charge in [0.1, 0.15) is 5.54 Å². The summed E-state index contributed by atoms with van der Waals surface area (Å²) in [5, 5.41) is 3.86. The zero-order valence-corrected chi connectivity index (χ0v) is 13.8. The number of ketones is 1. The molecule has 0 heterocycles. The lowest BCUT2D eigenvalue weighted by molar-refractivity contribution is -0.127. The predicted octanol–water partition coefficient (Wildman–Crippen LogP) is 3.00. The standard InChI is InChI=1S/C13H16ClNO.C3H7NO2/c1-15-13(9-5-4-8-12(13)16)10-6-2-3-7-11(10)14;1-2-6-3(4)5/h2-3,6-7,15H,4-5,8-9H2,1H3;2H2,1H3,(H2,4,5). The van der Waals surface area contributed by atoms with Gasteiger partial charge in [0.05, 0.1) is 6.61 Å². The van der Waals surface area contributed by atoms with Gasteiger partial charge in [-0.15, -0.1) is 0 Å². The molecule has 6 heteroatoms. The quantitative estimate of drug-likeness (QED) is 0.894. The molecule has 122 valence electrons. The van der Waals surface area contributed by atoms with Gasteiger partial charge >= 0.3 is 6.09 Å². The monoisotopic (exact) mass is 326 g/mol. The molecule has 3 N–H and O–H groups in total. The van der Waals surface area contributed by atoms with Crippen LogP contribution in [0, 0.1) is 0 Å². The van der Waals surface area contributed by atoms with Crippen molar-refractivity contribution in [3.8, 4) is 0 Å².